The van der Waals surface area contributed by atoms with E-state index in [-0.39, 0.29) is 22.3 Å². The Kier molecular flexibility index (Phi) is 6.44. The Labute approximate surface area is 251 Å². The molecule has 0 spiro atoms. The second-order valence-electron chi connectivity index (χ2n) is 12.2. The number of pyridine rings is 2. The highest BCUT2D eigenvalue weighted by molar-refractivity contribution is 7.90. The van der Waals surface area contributed by atoms with Gasteiger partial charge >= 0.3 is 0 Å². The van der Waals surface area contributed by atoms with Crippen LogP contribution in [0.15, 0.2) is 47.6 Å². The molecule has 2 atom stereocenters. The van der Waals surface area contributed by atoms with E-state index in [1.54, 1.807) is 42.3 Å². The fourth-order valence-corrected chi connectivity index (χ4v) is 6.74. The average molecular weight is 597 g/mol. The SMILES string of the molecule is [2H]C([2H])([2H])C1(C)C[C@@H]2CCCNc3cccc(n3)S(=O)(=O)NC(=O)c3ccc(-n4ccc(OCCCC5(C)CC5)n4)nc3N1C2. The summed E-state index contributed by atoms with van der Waals surface area (Å²) in [6, 6.07) is 9.25. The third kappa shape index (κ3) is 6.08. The van der Waals surface area contributed by atoms with Gasteiger partial charge in [-0.3, -0.25) is 4.79 Å². The monoisotopic (exact) mass is 596 g/mol. The molecule has 0 aromatic carbocycles. The number of anilines is 2. The van der Waals surface area contributed by atoms with Crippen LogP contribution in [0.25, 0.3) is 5.82 Å². The van der Waals surface area contributed by atoms with Gasteiger partial charge in [0.15, 0.2) is 10.8 Å². The number of ether oxygens (including phenoxy) is 1. The van der Waals surface area contributed by atoms with Gasteiger partial charge in [-0.05, 0) is 94.3 Å². The van der Waals surface area contributed by atoms with Gasteiger partial charge in [0.05, 0.1) is 12.2 Å². The smallest absolute Gasteiger partial charge is 0.281 e. The van der Waals surface area contributed by atoms with Crippen molar-refractivity contribution in [3.63, 3.8) is 0 Å². The first-order chi connectivity index (χ1) is 21.3. The second-order valence-corrected chi connectivity index (χ2v) is 13.9. The van der Waals surface area contributed by atoms with Crippen molar-refractivity contribution in [1.29, 1.82) is 0 Å². The molecule has 6 rings (SSSR count). The number of carbonyl (C=O) groups excluding carboxylic acids is 1. The van der Waals surface area contributed by atoms with Crippen LogP contribution in [0.2, 0.25) is 0 Å². The highest BCUT2D eigenvalue weighted by Gasteiger charge is 2.41. The molecule has 1 saturated carbocycles. The topological polar surface area (TPSA) is 131 Å². The number of nitrogens with one attached hydrogen (secondary N) is 2. The summed E-state index contributed by atoms with van der Waals surface area (Å²) in [5.74, 6) is 0.254. The second kappa shape index (κ2) is 10.9. The molecule has 11 nitrogen and oxygen atoms in total. The van der Waals surface area contributed by atoms with E-state index in [4.69, 9.17) is 13.8 Å². The van der Waals surface area contributed by atoms with Crippen LogP contribution < -0.4 is 19.7 Å². The van der Waals surface area contributed by atoms with E-state index < -0.39 is 28.3 Å². The first-order valence-corrected chi connectivity index (χ1v) is 16.0. The van der Waals surface area contributed by atoms with Crippen LogP contribution in [-0.4, -0.2) is 59.3 Å². The number of carbonyl (C=O) groups is 1. The first kappa shape index (κ1) is 24.9. The van der Waals surface area contributed by atoms with Gasteiger partial charge in [0.1, 0.15) is 11.6 Å². The van der Waals surface area contributed by atoms with Crippen LogP contribution in [0.4, 0.5) is 11.6 Å². The molecule has 1 unspecified atom stereocenters. The van der Waals surface area contributed by atoms with Gasteiger partial charge < -0.3 is 15.0 Å². The minimum atomic E-state index is -4.36. The Balaban J connectivity index is 1.36. The number of fused-ring (bicyclic) bond motifs is 6. The number of rotatable bonds is 6. The van der Waals surface area contributed by atoms with Crippen molar-refractivity contribution in [3.05, 3.63) is 48.2 Å². The number of sulfonamides is 1. The molecule has 1 aliphatic carbocycles. The third-order valence-electron chi connectivity index (χ3n) is 8.48. The van der Waals surface area contributed by atoms with E-state index >= 15 is 0 Å². The molecule has 5 heterocycles. The fourth-order valence-electron chi connectivity index (χ4n) is 5.81. The Bertz CT molecular complexity index is 1690. The maximum absolute atomic E-state index is 13.7. The average Bonchev–Trinajstić information content (AvgIpc) is 3.36. The molecule has 2 aliphatic heterocycles. The van der Waals surface area contributed by atoms with Crippen molar-refractivity contribution in [1.82, 2.24) is 24.5 Å². The summed E-state index contributed by atoms with van der Waals surface area (Å²) < 4.78 is 61.5. The summed E-state index contributed by atoms with van der Waals surface area (Å²) in [5.41, 5.74) is -0.980. The molecule has 3 aromatic rings. The Morgan fingerprint density at radius 1 is 1.17 bits per heavy atom. The molecular weight excluding hydrogens is 554 g/mol. The van der Waals surface area contributed by atoms with Gasteiger partial charge in [0.2, 0.25) is 5.88 Å². The van der Waals surface area contributed by atoms with E-state index in [2.05, 4.69) is 27.0 Å². The standard InChI is InChI=1S/C30H39N7O4S/c1-29(2)19-21-7-5-16-31-23-8-4-9-26(32-23)42(39,40)35-28(38)22-10-11-24(33-27(22)36(29)20-21)37-17-12-25(34-37)41-18-6-13-30(3)14-15-30/h4,8-12,17,21H,5-7,13-16,18-20H2,1-3H3,(H,31,32)(H,35,38)/t21-/m0/s1/i1D3/t21-,29?. The van der Waals surface area contributed by atoms with Crippen molar-refractivity contribution in [2.24, 2.45) is 11.3 Å². The van der Waals surface area contributed by atoms with Gasteiger partial charge in [-0.1, -0.05) is 13.0 Å². The lowest BCUT2D eigenvalue weighted by Crippen LogP contribution is -2.41. The largest absolute Gasteiger partial charge is 0.477 e. The van der Waals surface area contributed by atoms with E-state index in [0.29, 0.717) is 61.9 Å². The molecular formula is C30H39N7O4S. The third-order valence-corrected chi connectivity index (χ3v) is 9.71. The molecule has 12 heteroatoms. The van der Waals surface area contributed by atoms with Crippen LogP contribution in [-0.2, 0) is 10.0 Å². The molecule has 224 valence electrons. The van der Waals surface area contributed by atoms with E-state index in [1.807, 2.05) is 0 Å². The van der Waals surface area contributed by atoms with Gasteiger partial charge in [0, 0.05) is 35.0 Å². The van der Waals surface area contributed by atoms with Gasteiger partial charge in [-0.25, -0.2) is 19.4 Å². The molecule has 3 aromatic heterocycles. The highest BCUT2D eigenvalue weighted by atomic mass is 32.2. The van der Waals surface area contributed by atoms with Crippen molar-refractivity contribution in [2.75, 3.05) is 29.9 Å². The Morgan fingerprint density at radius 3 is 2.83 bits per heavy atom. The number of amides is 1. The predicted molar refractivity (Wildman–Crippen MR) is 160 cm³/mol. The molecule has 42 heavy (non-hydrogen) atoms. The normalized spacial score (nSPS) is 25.9. The van der Waals surface area contributed by atoms with Crippen LogP contribution >= 0.6 is 0 Å². The zero-order valence-corrected chi connectivity index (χ0v) is 24.8. The number of hydrogen-bond acceptors (Lipinski definition) is 9. The lowest BCUT2D eigenvalue weighted by atomic mass is 9.93. The van der Waals surface area contributed by atoms with E-state index in [1.165, 1.54) is 29.7 Å². The molecule has 3 aliphatic rings. The predicted octanol–water partition coefficient (Wildman–Crippen LogP) is 4.55. The maximum Gasteiger partial charge on any atom is 0.281 e. The number of nitrogens with zero attached hydrogens (tertiary/aromatic N) is 5. The zero-order chi connectivity index (χ0) is 32.0. The minimum absolute atomic E-state index is 0.00523. The van der Waals surface area contributed by atoms with Crippen molar-refractivity contribution < 1.29 is 22.1 Å². The summed E-state index contributed by atoms with van der Waals surface area (Å²) in [5, 5.41) is 7.33. The molecule has 2 N–H and O–H groups in total. The lowest BCUT2D eigenvalue weighted by Gasteiger charge is -2.34. The molecule has 1 amide bonds. The molecule has 1 saturated heterocycles. The maximum atomic E-state index is 13.7. The summed E-state index contributed by atoms with van der Waals surface area (Å²) >= 11 is 0. The Morgan fingerprint density at radius 2 is 2.02 bits per heavy atom. The molecule has 0 radical (unpaired) electrons. The summed E-state index contributed by atoms with van der Waals surface area (Å²) in [6.45, 7) is 2.91. The van der Waals surface area contributed by atoms with E-state index in [9.17, 15) is 13.2 Å². The molecule has 4 bridgehead atoms. The van der Waals surface area contributed by atoms with Gasteiger partial charge in [-0.2, -0.15) is 8.42 Å². The van der Waals surface area contributed by atoms with Gasteiger partial charge in [0.25, 0.3) is 15.9 Å². The zero-order valence-electron chi connectivity index (χ0n) is 27.0. The Hall–Kier alpha value is -3.67. The fraction of sp³-hybridized carbons (Fsp3) is 0.533. The number of aromatic nitrogens is 4. The summed E-state index contributed by atoms with van der Waals surface area (Å²) in [7, 11) is -4.36. The number of hydrogen-bond donors (Lipinski definition) is 2. The molecule has 2 fully saturated rings. The minimum Gasteiger partial charge on any atom is -0.477 e. The van der Waals surface area contributed by atoms with Crippen molar-refractivity contribution >= 4 is 27.6 Å². The van der Waals surface area contributed by atoms with Crippen LogP contribution in [0.1, 0.15) is 80.1 Å². The van der Waals surface area contributed by atoms with Crippen molar-refractivity contribution in [2.45, 2.75) is 76.2 Å². The van der Waals surface area contributed by atoms with E-state index in [0.717, 1.165) is 12.8 Å². The quantitative estimate of drug-likeness (QED) is 0.394. The first-order valence-electron chi connectivity index (χ1n) is 16.0. The lowest BCUT2D eigenvalue weighted by molar-refractivity contribution is 0.0981. The summed E-state index contributed by atoms with van der Waals surface area (Å²) in [4.78, 5) is 24.3. The van der Waals surface area contributed by atoms with Gasteiger partial charge in [-0.15, -0.1) is 5.10 Å². The highest BCUT2D eigenvalue weighted by Crippen LogP contribution is 2.48. The van der Waals surface area contributed by atoms with Crippen LogP contribution in [0.5, 0.6) is 5.88 Å². The summed E-state index contributed by atoms with van der Waals surface area (Å²) in [6.07, 6.45) is 8.01. The van der Waals surface area contributed by atoms with Crippen molar-refractivity contribution in [3.8, 4) is 11.7 Å². The van der Waals surface area contributed by atoms with Crippen LogP contribution in [0.3, 0.4) is 0 Å². The van der Waals surface area contributed by atoms with Crippen LogP contribution in [0, 0.1) is 11.3 Å².